The summed E-state index contributed by atoms with van der Waals surface area (Å²) in [6, 6.07) is 10.1. The molecule has 0 saturated carbocycles. The standard InChI is InChI=1S/C23H27ClF3N5O2/c24-18-5-9-19(10-6-18)29-21(33)28-11-14-32(16-15-31-12-1-2-13-31)22(34)30-20-7-3-17(4-8-20)23(25,26)27/h3-10H,1-2,11-16H2,(H,30,34)(H2,28,29,33). The molecule has 2 aromatic rings. The topological polar surface area (TPSA) is 76.7 Å². The molecule has 0 aliphatic carbocycles. The summed E-state index contributed by atoms with van der Waals surface area (Å²) in [5.41, 5.74) is 0.0535. The van der Waals surface area contributed by atoms with Gasteiger partial charge in [0.05, 0.1) is 5.56 Å². The Morgan fingerprint density at radius 2 is 1.50 bits per heavy atom. The lowest BCUT2D eigenvalue weighted by atomic mass is 10.2. The van der Waals surface area contributed by atoms with Crippen LogP contribution < -0.4 is 16.0 Å². The van der Waals surface area contributed by atoms with Crippen LogP contribution in [0, 0.1) is 0 Å². The summed E-state index contributed by atoms with van der Waals surface area (Å²) in [6.07, 6.45) is -2.21. The van der Waals surface area contributed by atoms with E-state index in [0.29, 0.717) is 23.8 Å². The van der Waals surface area contributed by atoms with Crippen LogP contribution >= 0.6 is 11.6 Å². The Kier molecular flexibility index (Phi) is 9.00. The van der Waals surface area contributed by atoms with Gasteiger partial charge in [-0.15, -0.1) is 0 Å². The van der Waals surface area contributed by atoms with Crippen molar-refractivity contribution in [1.29, 1.82) is 0 Å². The van der Waals surface area contributed by atoms with Crippen molar-refractivity contribution in [2.24, 2.45) is 0 Å². The van der Waals surface area contributed by atoms with Gasteiger partial charge in [0.2, 0.25) is 0 Å². The number of amides is 4. The minimum Gasteiger partial charge on any atom is -0.336 e. The lowest BCUT2D eigenvalue weighted by Gasteiger charge is -2.26. The number of benzene rings is 2. The predicted octanol–water partition coefficient (Wildman–Crippen LogP) is 5.11. The summed E-state index contributed by atoms with van der Waals surface area (Å²) >= 11 is 5.83. The van der Waals surface area contributed by atoms with Gasteiger partial charge in [0.15, 0.2) is 0 Å². The van der Waals surface area contributed by atoms with E-state index in [0.717, 1.165) is 38.1 Å². The summed E-state index contributed by atoms with van der Waals surface area (Å²) < 4.78 is 38.3. The Balaban J connectivity index is 1.54. The van der Waals surface area contributed by atoms with Gasteiger partial charge < -0.3 is 25.8 Å². The summed E-state index contributed by atoms with van der Waals surface area (Å²) in [7, 11) is 0. The molecule has 4 amide bonds. The van der Waals surface area contributed by atoms with E-state index in [1.807, 2.05) is 0 Å². The molecule has 1 aliphatic heterocycles. The first-order valence-electron chi connectivity index (χ1n) is 11.0. The van der Waals surface area contributed by atoms with Crippen LogP contribution in [-0.4, -0.2) is 61.1 Å². The molecule has 0 spiro atoms. The Hall–Kier alpha value is -2.98. The molecule has 1 aliphatic rings. The number of carbonyl (C=O) groups is 2. The fourth-order valence-electron chi connectivity index (χ4n) is 3.54. The minimum atomic E-state index is -4.44. The van der Waals surface area contributed by atoms with Crippen LogP contribution in [0.25, 0.3) is 0 Å². The molecule has 1 heterocycles. The number of likely N-dealkylation sites (tertiary alicyclic amines) is 1. The largest absolute Gasteiger partial charge is 0.416 e. The maximum atomic E-state index is 12.8. The third-order valence-corrected chi connectivity index (χ3v) is 5.66. The molecule has 0 bridgehead atoms. The highest BCUT2D eigenvalue weighted by Crippen LogP contribution is 2.29. The number of rotatable bonds is 8. The first-order chi connectivity index (χ1) is 16.2. The van der Waals surface area contributed by atoms with E-state index in [9.17, 15) is 22.8 Å². The van der Waals surface area contributed by atoms with Crippen LogP contribution in [0.5, 0.6) is 0 Å². The maximum Gasteiger partial charge on any atom is 0.416 e. The SMILES string of the molecule is O=C(NCCN(CCN1CCCC1)C(=O)Nc1ccc(C(F)(F)F)cc1)Nc1ccc(Cl)cc1. The maximum absolute atomic E-state index is 12.8. The van der Waals surface area contributed by atoms with Crippen LogP contribution in [-0.2, 0) is 6.18 Å². The second kappa shape index (κ2) is 11.9. The summed E-state index contributed by atoms with van der Waals surface area (Å²) in [5.74, 6) is 0. The zero-order valence-electron chi connectivity index (χ0n) is 18.5. The highest BCUT2D eigenvalue weighted by Gasteiger charge is 2.30. The summed E-state index contributed by atoms with van der Waals surface area (Å²) in [6.45, 7) is 3.46. The summed E-state index contributed by atoms with van der Waals surface area (Å²) in [5, 5.41) is 8.58. The van der Waals surface area contributed by atoms with Crippen molar-refractivity contribution in [2.45, 2.75) is 19.0 Å². The molecule has 2 aromatic carbocycles. The zero-order chi connectivity index (χ0) is 24.6. The Labute approximate surface area is 201 Å². The Morgan fingerprint density at radius 3 is 2.12 bits per heavy atom. The van der Waals surface area contributed by atoms with Gasteiger partial charge >= 0.3 is 18.2 Å². The predicted molar refractivity (Wildman–Crippen MR) is 126 cm³/mol. The van der Waals surface area contributed by atoms with Gasteiger partial charge in [-0.1, -0.05) is 11.6 Å². The molecule has 7 nitrogen and oxygen atoms in total. The Bertz CT molecular complexity index is 949. The van der Waals surface area contributed by atoms with Gasteiger partial charge in [0, 0.05) is 42.6 Å². The first kappa shape index (κ1) is 25.6. The average molecular weight is 498 g/mol. The lowest BCUT2D eigenvalue weighted by Crippen LogP contribution is -2.44. The molecule has 3 rings (SSSR count). The highest BCUT2D eigenvalue weighted by molar-refractivity contribution is 6.30. The normalized spacial score (nSPS) is 14.0. The molecule has 34 heavy (non-hydrogen) atoms. The van der Waals surface area contributed by atoms with Gasteiger partial charge in [-0.2, -0.15) is 13.2 Å². The monoisotopic (exact) mass is 497 g/mol. The van der Waals surface area contributed by atoms with Gasteiger partial charge in [-0.3, -0.25) is 0 Å². The van der Waals surface area contributed by atoms with Crippen molar-refractivity contribution in [2.75, 3.05) is 49.9 Å². The summed E-state index contributed by atoms with van der Waals surface area (Å²) in [4.78, 5) is 28.8. The molecular weight excluding hydrogens is 471 g/mol. The van der Waals surface area contributed by atoms with Crippen molar-refractivity contribution in [3.63, 3.8) is 0 Å². The average Bonchev–Trinajstić information content (AvgIpc) is 3.31. The van der Waals surface area contributed by atoms with E-state index < -0.39 is 23.8 Å². The molecular formula is C23H27ClF3N5O2. The van der Waals surface area contributed by atoms with E-state index in [-0.39, 0.29) is 18.8 Å². The number of nitrogens with zero attached hydrogens (tertiary/aromatic N) is 2. The van der Waals surface area contributed by atoms with Crippen molar-refractivity contribution < 1.29 is 22.8 Å². The Morgan fingerprint density at radius 1 is 0.912 bits per heavy atom. The molecule has 0 radical (unpaired) electrons. The van der Waals surface area contributed by atoms with E-state index in [1.165, 1.54) is 12.1 Å². The molecule has 3 N–H and O–H groups in total. The number of nitrogens with one attached hydrogen (secondary N) is 3. The molecule has 0 aromatic heterocycles. The van der Waals surface area contributed by atoms with Crippen molar-refractivity contribution in [1.82, 2.24) is 15.1 Å². The molecule has 11 heteroatoms. The number of hydrogen-bond acceptors (Lipinski definition) is 3. The van der Waals surface area contributed by atoms with Crippen LogP contribution in [0.4, 0.5) is 34.1 Å². The van der Waals surface area contributed by atoms with Crippen LogP contribution in [0.15, 0.2) is 48.5 Å². The van der Waals surface area contributed by atoms with Crippen molar-refractivity contribution in [3.05, 3.63) is 59.1 Å². The van der Waals surface area contributed by atoms with Crippen LogP contribution in [0.1, 0.15) is 18.4 Å². The van der Waals surface area contributed by atoms with E-state index in [2.05, 4.69) is 20.9 Å². The fraction of sp³-hybridized carbons (Fsp3) is 0.391. The third kappa shape index (κ3) is 8.11. The van der Waals surface area contributed by atoms with Crippen molar-refractivity contribution >= 4 is 35.0 Å². The highest BCUT2D eigenvalue weighted by atomic mass is 35.5. The van der Waals surface area contributed by atoms with Gasteiger partial charge in [0.25, 0.3) is 0 Å². The number of carbonyl (C=O) groups excluding carboxylic acids is 2. The van der Waals surface area contributed by atoms with Crippen molar-refractivity contribution in [3.8, 4) is 0 Å². The fourth-order valence-corrected chi connectivity index (χ4v) is 3.67. The number of urea groups is 2. The quantitative estimate of drug-likeness (QED) is 0.474. The lowest BCUT2D eigenvalue weighted by molar-refractivity contribution is -0.137. The van der Waals surface area contributed by atoms with Gasteiger partial charge in [0.1, 0.15) is 0 Å². The second-order valence-corrected chi connectivity index (χ2v) is 8.37. The van der Waals surface area contributed by atoms with Crippen LogP contribution in [0.3, 0.4) is 0 Å². The second-order valence-electron chi connectivity index (χ2n) is 7.93. The molecule has 0 atom stereocenters. The van der Waals surface area contributed by atoms with E-state index >= 15 is 0 Å². The number of anilines is 2. The van der Waals surface area contributed by atoms with Gasteiger partial charge in [-0.05, 0) is 74.5 Å². The number of alkyl halides is 3. The molecule has 184 valence electrons. The van der Waals surface area contributed by atoms with E-state index in [4.69, 9.17) is 11.6 Å². The zero-order valence-corrected chi connectivity index (χ0v) is 19.3. The smallest absolute Gasteiger partial charge is 0.336 e. The van der Waals surface area contributed by atoms with E-state index in [1.54, 1.807) is 29.2 Å². The molecule has 1 saturated heterocycles. The molecule has 0 unspecified atom stereocenters. The minimum absolute atomic E-state index is 0.194. The number of hydrogen-bond donors (Lipinski definition) is 3. The number of halogens is 4. The molecule has 1 fully saturated rings. The first-order valence-corrected chi connectivity index (χ1v) is 11.3. The third-order valence-electron chi connectivity index (χ3n) is 5.40. The van der Waals surface area contributed by atoms with Crippen LogP contribution in [0.2, 0.25) is 5.02 Å². The van der Waals surface area contributed by atoms with Gasteiger partial charge in [-0.25, -0.2) is 9.59 Å².